The molecule has 32 heavy (non-hydrogen) atoms. The molecule has 0 bridgehead atoms. The number of aromatic nitrogens is 3. The Morgan fingerprint density at radius 2 is 1.94 bits per heavy atom. The predicted molar refractivity (Wildman–Crippen MR) is 123 cm³/mol. The van der Waals surface area contributed by atoms with Gasteiger partial charge in [0.1, 0.15) is 5.15 Å². The van der Waals surface area contributed by atoms with Crippen molar-refractivity contribution in [1.82, 2.24) is 19.9 Å². The number of aliphatic hydroxyl groups is 1. The number of carbonyl (C=O) groups is 1. The van der Waals surface area contributed by atoms with Gasteiger partial charge in [-0.3, -0.25) is 14.8 Å². The van der Waals surface area contributed by atoms with Crippen molar-refractivity contribution in [2.75, 3.05) is 7.05 Å². The number of hydrogen-bond donors (Lipinski definition) is 1. The van der Waals surface area contributed by atoms with E-state index >= 15 is 0 Å². The molecule has 166 valence electrons. The first-order chi connectivity index (χ1) is 15.5. The van der Waals surface area contributed by atoms with Crippen LogP contribution in [0.15, 0.2) is 61.2 Å². The van der Waals surface area contributed by atoms with E-state index in [4.69, 9.17) is 11.6 Å². The van der Waals surface area contributed by atoms with Gasteiger partial charge in [0.2, 0.25) is 0 Å². The molecule has 0 spiro atoms. The fourth-order valence-electron chi connectivity index (χ4n) is 4.48. The van der Waals surface area contributed by atoms with Crippen molar-refractivity contribution in [2.45, 2.75) is 38.3 Å². The summed E-state index contributed by atoms with van der Waals surface area (Å²) in [6.45, 7) is 0.420. The zero-order chi connectivity index (χ0) is 22.5. The lowest BCUT2D eigenvalue weighted by Crippen LogP contribution is -2.26. The van der Waals surface area contributed by atoms with E-state index in [-0.39, 0.29) is 11.8 Å². The van der Waals surface area contributed by atoms with E-state index in [0.29, 0.717) is 23.2 Å². The third-order valence-electron chi connectivity index (χ3n) is 6.21. The molecule has 3 atom stereocenters. The van der Waals surface area contributed by atoms with Crippen LogP contribution in [0.4, 0.5) is 0 Å². The van der Waals surface area contributed by atoms with E-state index in [1.807, 2.05) is 30.3 Å². The van der Waals surface area contributed by atoms with E-state index in [9.17, 15) is 9.90 Å². The highest BCUT2D eigenvalue weighted by atomic mass is 35.5. The minimum absolute atomic E-state index is 0.0390. The van der Waals surface area contributed by atoms with Gasteiger partial charge in [-0.2, -0.15) is 0 Å². The quantitative estimate of drug-likeness (QED) is 0.536. The largest absolute Gasteiger partial charge is 0.388 e. The normalized spacial score (nSPS) is 19.0. The van der Waals surface area contributed by atoms with Crippen LogP contribution in [0, 0.1) is 11.8 Å². The summed E-state index contributed by atoms with van der Waals surface area (Å²) in [5, 5.41) is 11.2. The Kier molecular flexibility index (Phi) is 7.12. The van der Waals surface area contributed by atoms with Gasteiger partial charge in [0.25, 0.3) is 5.91 Å². The van der Waals surface area contributed by atoms with Crippen LogP contribution < -0.4 is 0 Å². The summed E-state index contributed by atoms with van der Waals surface area (Å²) in [7, 11) is 1.77. The summed E-state index contributed by atoms with van der Waals surface area (Å²) in [6.07, 6.45) is 10.1. The standard InChI is InChI=1S/C25H27ClN4O2/c1-30(16-22-15-27-10-11-28-22)25(32)19-5-2-17(3-6-19)12-18-4-7-20(13-18)24(31)21-8-9-23(26)29-14-21/h2-3,5-6,8-11,14-15,18,20,24,31H,4,7,12-13,16H2,1H3/t18-,20-,24-/m0/s1. The molecule has 0 aliphatic heterocycles. The van der Waals surface area contributed by atoms with Gasteiger partial charge < -0.3 is 10.0 Å². The van der Waals surface area contributed by atoms with Gasteiger partial charge in [-0.25, -0.2) is 4.98 Å². The number of amides is 1. The maximum absolute atomic E-state index is 12.7. The first-order valence-corrected chi connectivity index (χ1v) is 11.3. The van der Waals surface area contributed by atoms with Crippen molar-refractivity contribution in [1.29, 1.82) is 0 Å². The van der Waals surface area contributed by atoms with E-state index < -0.39 is 6.10 Å². The van der Waals surface area contributed by atoms with E-state index in [1.165, 1.54) is 5.56 Å². The molecule has 4 rings (SSSR count). The Bertz CT molecular complexity index is 1030. The molecule has 7 heteroatoms. The first-order valence-electron chi connectivity index (χ1n) is 10.9. The summed E-state index contributed by atoms with van der Waals surface area (Å²) in [5.41, 5.74) is 3.46. The highest BCUT2D eigenvalue weighted by molar-refractivity contribution is 6.29. The Morgan fingerprint density at radius 1 is 1.12 bits per heavy atom. The molecule has 1 saturated carbocycles. The zero-order valence-electron chi connectivity index (χ0n) is 18.1. The molecule has 1 N–H and O–H groups in total. The second-order valence-electron chi connectivity index (χ2n) is 8.56. The van der Waals surface area contributed by atoms with Crippen molar-refractivity contribution in [3.63, 3.8) is 0 Å². The predicted octanol–water partition coefficient (Wildman–Crippen LogP) is 4.49. The fraction of sp³-hybridized carbons (Fsp3) is 0.360. The summed E-state index contributed by atoms with van der Waals surface area (Å²) in [6, 6.07) is 11.4. The minimum Gasteiger partial charge on any atom is -0.388 e. The molecule has 1 aliphatic rings. The van der Waals surface area contributed by atoms with Crippen molar-refractivity contribution >= 4 is 17.5 Å². The number of hydrogen-bond acceptors (Lipinski definition) is 5. The summed E-state index contributed by atoms with van der Waals surface area (Å²) in [5.74, 6) is 0.720. The van der Waals surface area contributed by atoms with Crippen LogP contribution in [0.25, 0.3) is 0 Å². The maximum atomic E-state index is 12.7. The Hall–Kier alpha value is -2.83. The molecule has 2 heterocycles. The lowest BCUT2D eigenvalue weighted by atomic mass is 9.92. The van der Waals surface area contributed by atoms with Crippen molar-refractivity contribution in [3.05, 3.63) is 88.7 Å². The molecule has 0 unspecified atom stereocenters. The van der Waals surface area contributed by atoms with Crippen LogP contribution in [0.2, 0.25) is 5.15 Å². The van der Waals surface area contributed by atoms with Crippen LogP contribution in [0.5, 0.6) is 0 Å². The highest BCUT2D eigenvalue weighted by Crippen LogP contribution is 2.40. The third kappa shape index (κ3) is 5.50. The number of rotatable bonds is 7. The topological polar surface area (TPSA) is 79.2 Å². The lowest BCUT2D eigenvalue weighted by molar-refractivity contribution is 0.0783. The second-order valence-corrected chi connectivity index (χ2v) is 8.94. The van der Waals surface area contributed by atoms with Crippen LogP contribution in [-0.2, 0) is 13.0 Å². The van der Waals surface area contributed by atoms with Crippen LogP contribution in [-0.4, -0.2) is 37.9 Å². The van der Waals surface area contributed by atoms with Gasteiger partial charge in [0, 0.05) is 31.2 Å². The number of pyridine rings is 1. The molecule has 3 aromatic rings. The SMILES string of the molecule is CN(Cc1cnccn1)C(=O)c1ccc(C[C@@H]2CC[C@H]([C@H](O)c3ccc(Cl)nc3)C2)cc1. The smallest absolute Gasteiger partial charge is 0.253 e. The average molecular weight is 451 g/mol. The first kappa shape index (κ1) is 22.4. The number of aliphatic hydroxyl groups excluding tert-OH is 1. The minimum atomic E-state index is -0.505. The summed E-state index contributed by atoms with van der Waals surface area (Å²) >= 11 is 5.85. The number of carbonyl (C=O) groups excluding carboxylic acids is 1. The molecule has 0 radical (unpaired) electrons. The molecule has 6 nitrogen and oxygen atoms in total. The molecule has 1 aliphatic carbocycles. The maximum Gasteiger partial charge on any atom is 0.253 e. The van der Waals surface area contributed by atoms with Gasteiger partial charge in [-0.05, 0) is 66.8 Å². The van der Waals surface area contributed by atoms with Gasteiger partial charge in [-0.15, -0.1) is 0 Å². The molecule has 2 aromatic heterocycles. The van der Waals surface area contributed by atoms with E-state index in [1.54, 1.807) is 42.8 Å². The van der Waals surface area contributed by atoms with E-state index in [2.05, 4.69) is 15.0 Å². The van der Waals surface area contributed by atoms with Crippen LogP contribution in [0.1, 0.15) is 52.5 Å². The summed E-state index contributed by atoms with van der Waals surface area (Å²) < 4.78 is 0. The van der Waals surface area contributed by atoms with E-state index in [0.717, 1.165) is 36.9 Å². The Balaban J connectivity index is 1.31. The molecule has 0 saturated heterocycles. The average Bonchev–Trinajstić information content (AvgIpc) is 3.28. The second kappa shape index (κ2) is 10.2. The number of benzene rings is 1. The zero-order valence-corrected chi connectivity index (χ0v) is 18.8. The van der Waals surface area contributed by atoms with Gasteiger partial charge in [-0.1, -0.05) is 29.8 Å². The third-order valence-corrected chi connectivity index (χ3v) is 6.43. The van der Waals surface area contributed by atoms with Gasteiger partial charge in [0.05, 0.1) is 24.5 Å². The van der Waals surface area contributed by atoms with Crippen molar-refractivity contribution in [2.24, 2.45) is 11.8 Å². The van der Waals surface area contributed by atoms with Crippen LogP contribution in [0.3, 0.4) is 0 Å². The van der Waals surface area contributed by atoms with Gasteiger partial charge >= 0.3 is 0 Å². The Labute approximate surface area is 193 Å². The van der Waals surface area contributed by atoms with Gasteiger partial charge in [0.15, 0.2) is 0 Å². The van der Waals surface area contributed by atoms with Crippen LogP contribution >= 0.6 is 11.6 Å². The molecule has 1 aromatic carbocycles. The lowest BCUT2D eigenvalue weighted by Gasteiger charge is -2.19. The monoisotopic (exact) mass is 450 g/mol. The number of halogens is 1. The molecular formula is C25H27ClN4O2. The summed E-state index contributed by atoms with van der Waals surface area (Å²) in [4.78, 5) is 26.7. The fourth-order valence-corrected chi connectivity index (χ4v) is 4.60. The highest BCUT2D eigenvalue weighted by Gasteiger charge is 2.31. The number of nitrogens with zero attached hydrogens (tertiary/aromatic N) is 4. The molecule has 1 amide bonds. The Morgan fingerprint density at radius 3 is 2.62 bits per heavy atom. The van der Waals surface area contributed by atoms with Crippen molar-refractivity contribution in [3.8, 4) is 0 Å². The van der Waals surface area contributed by atoms with Crippen molar-refractivity contribution < 1.29 is 9.90 Å². The molecule has 1 fully saturated rings. The molecular weight excluding hydrogens is 424 g/mol.